The van der Waals surface area contributed by atoms with Crippen LogP contribution in [0.25, 0.3) is 0 Å². The van der Waals surface area contributed by atoms with Gasteiger partial charge < -0.3 is 5.11 Å². The topological polar surface area (TPSA) is 60.9 Å². The fraction of sp³-hybridized carbons (Fsp3) is 0.294. The molecular formula is C17H17Cl2FN2O3S. The number of piperazine rings is 1. The van der Waals surface area contributed by atoms with Gasteiger partial charge in [-0.3, -0.25) is 4.90 Å². The quantitative estimate of drug-likeness (QED) is 0.826. The molecule has 1 saturated heterocycles. The lowest BCUT2D eigenvalue weighted by Crippen LogP contribution is -2.48. The molecule has 0 aromatic heterocycles. The van der Waals surface area contributed by atoms with Crippen molar-refractivity contribution in [1.29, 1.82) is 0 Å². The number of rotatable bonds is 4. The lowest BCUT2D eigenvalue weighted by atomic mass is 10.2. The maximum Gasteiger partial charge on any atom is 0.246 e. The zero-order chi connectivity index (χ0) is 18.9. The molecule has 0 saturated carbocycles. The lowest BCUT2D eigenvalue weighted by molar-refractivity contribution is 0.181. The van der Waals surface area contributed by atoms with Crippen LogP contribution in [0.1, 0.15) is 5.56 Å². The van der Waals surface area contributed by atoms with E-state index in [0.29, 0.717) is 19.6 Å². The highest BCUT2D eigenvalue weighted by atomic mass is 35.5. The summed E-state index contributed by atoms with van der Waals surface area (Å²) in [6, 6.07) is 8.72. The summed E-state index contributed by atoms with van der Waals surface area (Å²) in [5.41, 5.74) is 0.960. The molecule has 1 aliphatic heterocycles. The molecule has 1 aliphatic rings. The minimum absolute atomic E-state index is 0.106. The minimum atomic E-state index is -3.90. The van der Waals surface area contributed by atoms with Gasteiger partial charge in [0.1, 0.15) is 10.7 Å². The summed E-state index contributed by atoms with van der Waals surface area (Å²) in [6.07, 6.45) is 0. The normalized spacial score (nSPS) is 16.7. The standard InChI is InChI=1S/C17H17Cl2FN2O3S/c18-13-9-15(19)17(23)16(10-13)26(24,25)22-7-5-21(6-8-22)11-12-1-3-14(20)4-2-12/h1-4,9-10,23H,5-8,11H2. The first-order valence-corrected chi connectivity index (χ1v) is 10.1. The van der Waals surface area contributed by atoms with Gasteiger partial charge in [-0.15, -0.1) is 0 Å². The van der Waals surface area contributed by atoms with E-state index >= 15 is 0 Å². The fourth-order valence-electron chi connectivity index (χ4n) is 2.85. The Morgan fingerprint density at radius 3 is 2.27 bits per heavy atom. The van der Waals surface area contributed by atoms with Crippen LogP contribution in [-0.4, -0.2) is 48.9 Å². The van der Waals surface area contributed by atoms with Gasteiger partial charge >= 0.3 is 0 Å². The Hall–Kier alpha value is -1.38. The monoisotopic (exact) mass is 418 g/mol. The molecule has 1 fully saturated rings. The second-order valence-corrected chi connectivity index (χ2v) is 8.79. The van der Waals surface area contributed by atoms with Crippen LogP contribution in [0.3, 0.4) is 0 Å². The number of sulfonamides is 1. The summed E-state index contributed by atoms with van der Waals surface area (Å²) in [7, 11) is -3.90. The highest BCUT2D eigenvalue weighted by Gasteiger charge is 2.31. The van der Waals surface area contributed by atoms with Crippen LogP contribution in [0.2, 0.25) is 10.0 Å². The molecular weight excluding hydrogens is 402 g/mol. The Kier molecular flexibility index (Phi) is 5.74. The van der Waals surface area contributed by atoms with Crippen LogP contribution >= 0.6 is 23.2 Å². The first-order valence-electron chi connectivity index (χ1n) is 7.92. The number of aromatic hydroxyl groups is 1. The van der Waals surface area contributed by atoms with E-state index in [-0.39, 0.29) is 33.8 Å². The molecule has 0 spiro atoms. The maximum absolute atomic E-state index is 13.0. The van der Waals surface area contributed by atoms with E-state index in [0.717, 1.165) is 5.56 Å². The van der Waals surface area contributed by atoms with Crippen molar-refractivity contribution in [3.8, 4) is 5.75 Å². The number of phenols is 1. The van der Waals surface area contributed by atoms with Gasteiger partial charge in [0.2, 0.25) is 10.0 Å². The number of phenolic OH excluding ortho intramolecular Hbond substituents is 1. The second kappa shape index (κ2) is 7.70. The van der Waals surface area contributed by atoms with Crippen molar-refractivity contribution >= 4 is 33.2 Å². The van der Waals surface area contributed by atoms with Crippen LogP contribution in [0, 0.1) is 5.82 Å². The van der Waals surface area contributed by atoms with E-state index in [1.54, 1.807) is 12.1 Å². The van der Waals surface area contributed by atoms with Crippen molar-refractivity contribution in [1.82, 2.24) is 9.21 Å². The van der Waals surface area contributed by atoms with E-state index < -0.39 is 15.8 Å². The molecule has 1 heterocycles. The summed E-state index contributed by atoms with van der Waals surface area (Å²) in [6.45, 7) is 2.19. The van der Waals surface area contributed by atoms with Gasteiger partial charge in [-0.1, -0.05) is 35.3 Å². The predicted octanol–water partition coefficient (Wildman–Crippen LogP) is 3.34. The fourth-order valence-corrected chi connectivity index (χ4v) is 5.02. The molecule has 0 aliphatic carbocycles. The predicted molar refractivity (Wildman–Crippen MR) is 98.6 cm³/mol. The van der Waals surface area contributed by atoms with Crippen molar-refractivity contribution in [2.24, 2.45) is 0 Å². The molecule has 140 valence electrons. The molecule has 2 aromatic rings. The molecule has 0 atom stereocenters. The molecule has 0 radical (unpaired) electrons. The number of nitrogens with zero attached hydrogens (tertiary/aromatic N) is 2. The highest BCUT2D eigenvalue weighted by molar-refractivity contribution is 7.89. The Labute approximate surface area is 161 Å². The van der Waals surface area contributed by atoms with Crippen LogP contribution in [0.4, 0.5) is 4.39 Å². The van der Waals surface area contributed by atoms with Gasteiger partial charge in [0.05, 0.1) is 5.02 Å². The third-order valence-corrected chi connectivity index (χ3v) is 6.68. The minimum Gasteiger partial charge on any atom is -0.505 e. The highest BCUT2D eigenvalue weighted by Crippen LogP contribution is 2.35. The van der Waals surface area contributed by atoms with Gasteiger partial charge in [0, 0.05) is 37.7 Å². The summed E-state index contributed by atoms with van der Waals surface area (Å²) >= 11 is 11.7. The van der Waals surface area contributed by atoms with Gasteiger partial charge in [0.15, 0.2) is 5.75 Å². The molecule has 3 rings (SSSR count). The summed E-state index contributed by atoms with van der Waals surface area (Å²) in [5, 5.41) is 10.1. The zero-order valence-corrected chi connectivity index (χ0v) is 16.0. The lowest BCUT2D eigenvalue weighted by Gasteiger charge is -2.34. The maximum atomic E-state index is 13.0. The molecule has 9 heteroatoms. The number of hydrogen-bond acceptors (Lipinski definition) is 4. The van der Waals surface area contributed by atoms with Crippen LogP contribution in [0.5, 0.6) is 5.75 Å². The summed E-state index contributed by atoms with van der Waals surface area (Å²) < 4.78 is 39.9. The average molecular weight is 419 g/mol. The van der Waals surface area contributed by atoms with Crippen LogP contribution in [-0.2, 0) is 16.6 Å². The molecule has 0 unspecified atom stereocenters. The van der Waals surface area contributed by atoms with Crippen molar-refractivity contribution in [3.05, 3.63) is 57.8 Å². The number of benzene rings is 2. The third-order valence-electron chi connectivity index (χ3n) is 4.26. The van der Waals surface area contributed by atoms with E-state index in [9.17, 15) is 17.9 Å². The first kappa shape index (κ1) is 19.4. The van der Waals surface area contributed by atoms with Gasteiger partial charge in [-0.25, -0.2) is 12.8 Å². The smallest absolute Gasteiger partial charge is 0.246 e. The Bertz CT molecular complexity index is 899. The van der Waals surface area contributed by atoms with Crippen molar-refractivity contribution in [3.63, 3.8) is 0 Å². The van der Waals surface area contributed by atoms with Gasteiger partial charge in [0.25, 0.3) is 0 Å². The Morgan fingerprint density at radius 2 is 1.65 bits per heavy atom. The van der Waals surface area contributed by atoms with Crippen molar-refractivity contribution in [2.75, 3.05) is 26.2 Å². The van der Waals surface area contributed by atoms with Gasteiger partial charge in [-0.2, -0.15) is 4.31 Å². The van der Waals surface area contributed by atoms with Gasteiger partial charge in [-0.05, 0) is 29.8 Å². The number of halogens is 3. The van der Waals surface area contributed by atoms with E-state index in [1.165, 1.54) is 28.6 Å². The second-order valence-electron chi connectivity index (χ2n) is 6.04. The van der Waals surface area contributed by atoms with E-state index in [4.69, 9.17) is 23.2 Å². The SMILES string of the molecule is O=S(=O)(c1cc(Cl)cc(Cl)c1O)N1CCN(Cc2ccc(F)cc2)CC1. The summed E-state index contributed by atoms with van der Waals surface area (Å²) in [4.78, 5) is 1.80. The molecule has 0 amide bonds. The zero-order valence-electron chi connectivity index (χ0n) is 13.7. The molecule has 0 bridgehead atoms. The summed E-state index contributed by atoms with van der Waals surface area (Å²) in [5.74, 6) is -0.783. The third kappa shape index (κ3) is 4.13. The van der Waals surface area contributed by atoms with Crippen LogP contribution < -0.4 is 0 Å². The van der Waals surface area contributed by atoms with Crippen molar-refractivity contribution < 1.29 is 17.9 Å². The first-order chi connectivity index (χ1) is 12.3. The molecule has 5 nitrogen and oxygen atoms in total. The molecule has 2 aromatic carbocycles. The van der Waals surface area contributed by atoms with E-state index in [1.807, 2.05) is 0 Å². The van der Waals surface area contributed by atoms with Crippen molar-refractivity contribution in [2.45, 2.75) is 11.4 Å². The van der Waals surface area contributed by atoms with Crippen LogP contribution in [0.15, 0.2) is 41.3 Å². The largest absolute Gasteiger partial charge is 0.505 e. The molecule has 1 N–H and O–H groups in total. The average Bonchev–Trinajstić information content (AvgIpc) is 2.60. The Balaban J connectivity index is 1.70. The van der Waals surface area contributed by atoms with E-state index in [2.05, 4.69) is 4.90 Å². The number of hydrogen-bond donors (Lipinski definition) is 1. The molecule has 26 heavy (non-hydrogen) atoms. The Morgan fingerprint density at radius 1 is 1.04 bits per heavy atom.